The Labute approximate surface area is 148 Å². The van der Waals surface area contributed by atoms with Gasteiger partial charge in [-0.3, -0.25) is 14.4 Å². The van der Waals surface area contributed by atoms with E-state index in [0.717, 1.165) is 25.7 Å². The Kier molecular flexibility index (Phi) is 5.93. The number of hydrogen-bond acceptors (Lipinski definition) is 4. The van der Waals surface area contributed by atoms with Crippen LogP contribution in [0.1, 0.15) is 44.9 Å². The molecule has 0 aromatic rings. The number of rotatable bonds is 6. The molecule has 0 bridgehead atoms. The molecule has 0 aromatic carbocycles. The van der Waals surface area contributed by atoms with Gasteiger partial charge in [-0.25, -0.2) is 0 Å². The molecule has 3 fully saturated rings. The first kappa shape index (κ1) is 18.2. The minimum atomic E-state index is -0.873. The molecule has 2 N–H and O–H groups in total. The fourth-order valence-electron chi connectivity index (χ4n) is 4.40. The van der Waals surface area contributed by atoms with Crippen molar-refractivity contribution in [3.8, 4) is 0 Å². The lowest BCUT2D eigenvalue weighted by Crippen LogP contribution is -2.42. The zero-order valence-electron chi connectivity index (χ0n) is 14.6. The SMILES string of the molecule is O=C(NCC(C(=O)O)C1CCOCC1)C1CC(=O)N(C2CCCC2)C1. The van der Waals surface area contributed by atoms with E-state index in [4.69, 9.17) is 4.74 Å². The lowest BCUT2D eigenvalue weighted by Gasteiger charge is -2.28. The summed E-state index contributed by atoms with van der Waals surface area (Å²) in [5.74, 6) is -1.90. The Bertz CT molecular complexity index is 512. The molecular weight excluding hydrogens is 324 g/mol. The Morgan fingerprint density at radius 1 is 1.20 bits per heavy atom. The second kappa shape index (κ2) is 8.17. The highest BCUT2D eigenvalue weighted by molar-refractivity contribution is 5.89. The molecule has 0 aromatic heterocycles. The molecule has 7 nitrogen and oxygen atoms in total. The van der Waals surface area contributed by atoms with Crippen LogP contribution in [0.15, 0.2) is 0 Å². The molecule has 3 rings (SSSR count). The Balaban J connectivity index is 1.51. The van der Waals surface area contributed by atoms with Crippen LogP contribution in [0.25, 0.3) is 0 Å². The van der Waals surface area contributed by atoms with Crippen LogP contribution in [0.5, 0.6) is 0 Å². The number of hydrogen-bond donors (Lipinski definition) is 2. The summed E-state index contributed by atoms with van der Waals surface area (Å²) in [5, 5.41) is 12.3. The molecule has 1 saturated carbocycles. The van der Waals surface area contributed by atoms with Crippen LogP contribution in [-0.4, -0.2) is 60.1 Å². The minimum absolute atomic E-state index is 0.0340. The van der Waals surface area contributed by atoms with Crippen LogP contribution in [0, 0.1) is 17.8 Å². The van der Waals surface area contributed by atoms with Gasteiger partial charge in [0.1, 0.15) is 0 Å². The molecule has 3 aliphatic rings. The monoisotopic (exact) mass is 352 g/mol. The van der Waals surface area contributed by atoms with Gasteiger partial charge in [0.25, 0.3) is 0 Å². The van der Waals surface area contributed by atoms with Gasteiger partial charge in [-0.15, -0.1) is 0 Å². The number of ether oxygens (including phenoxy) is 1. The van der Waals surface area contributed by atoms with Crippen molar-refractivity contribution in [3.63, 3.8) is 0 Å². The quantitative estimate of drug-likeness (QED) is 0.744. The minimum Gasteiger partial charge on any atom is -0.481 e. The van der Waals surface area contributed by atoms with E-state index < -0.39 is 11.9 Å². The average molecular weight is 352 g/mol. The van der Waals surface area contributed by atoms with Crippen molar-refractivity contribution >= 4 is 17.8 Å². The van der Waals surface area contributed by atoms with Crippen LogP contribution >= 0.6 is 0 Å². The van der Waals surface area contributed by atoms with E-state index in [1.54, 1.807) is 0 Å². The van der Waals surface area contributed by atoms with E-state index in [9.17, 15) is 19.5 Å². The van der Waals surface area contributed by atoms with Gasteiger partial charge in [0.05, 0.1) is 11.8 Å². The fraction of sp³-hybridized carbons (Fsp3) is 0.833. The van der Waals surface area contributed by atoms with Crippen LogP contribution in [-0.2, 0) is 19.1 Å². The molecule has 1 aliphatic carbocycles. The summed E-state index contributed by atoms with van der Waals surface area (Å²) in [7, 11) is 0. The van der Waals surface area contributed by atoms with Gasteiger partial charge in [0.15, 0.2) is 0 Å². The summed E-state index contributed by atoms with van der Waals surface area (Å²) in [4.78, 5) is 38.1. The van der Waals surface area contributed by atoms with Crippen molar-refractivity contribution in [2.75, 3.05) is 26.3 Å². The summed E-state index contributed by atoms with van der Waals surface area (Å²) in [6.07, 6.45) is 6.04. The maximum atomic E-state index is 12.5. The first-order valence-electron chi connectivity index (χ1n) is 9.44. The first-order chi connectivity index (χ1) is 12.1. The highest BCUT2D eigenvalue weighted by atomic mass is 16.5. The molecular formula is C18H28N2O5. The summed E-state index contributed by atoms with van der Waals surface area (Å²) in [6, 6.07) is 0.291. The third-order valence-corrected chi connectivity index (χ3v) is 5.94. The van der Waals surface area contributed by atoms with E-state index in [2.05, 4.69) is 5.32 Å². The Morgan fingerprint density at radius 3 is 2.52 bits per heavy atom. The van der Waals surface area contributed by atoms with Crippen LogP contribution in [0.2, 0.25) is 0 Å². The molecule has 0 spiro atoms. The zero-order valence-corrected chi connectivity index (χ0v) is 14.6. The number of carboxylic acid groups (broad SMARTS) is 1. The number of amides is 2. The lowest BCUT2D eigenvalue weighted by molar-refractivity contribution is -0.145. The molecule has 2 amide bonds. The van der Waals surface area contributed by atoms with Gasteiger partial charge in [-0.1, -0.05) is 12.8 Å². The molecule has 140 valence electrons. The Hall–Kier alpha value is -1.63. The number of aliphatic carboxylic acids is 1. The normalized spacial score (nSPS) is 26.8. The zero-order chi connectivity index (χ0) is 17.8. The van der Waals surface area contributed by atoms with Crippen molar-refractivity contribution in [2.45, 2.75) is 51.0 Å². The van der Waals surface area contributed by atoms with Crippen molar-refractivity contribution in [3.05, 3.63) is 0 Å². The largest absolute Gasteiger partial charge is 0.481 e. The number of nitrogens with zero attached hydrogens (tertiary/aromatic N) is 1. The molecule has 2 saturated heterocycles. The fourth-order valence-corrected chi connectivity index (χ4v) is 4.40. The summed E-state index contributed by atoms with van der Waals surface area (Å²) in [5.41, 5.74) is 0. The van der Waals surface area contributed by atoms with E-state index >= 15 is 0 Å². The molecule has 0 radical (unpaired) electrons. The van der Waals surface area contributed by atoms with Gasteiger partial charge in [0, 0.05) is 38.8 Å². The van der Waals surface area contributed by atoms with Crippen molar-refractivity contribution in [1.29, 1.82) is 0 Å². The van der Waals surface area contributed by atoms with Crippen molar-refractivity contribution in [2.24, 2.45) is 17.8 Å². The van der Waals surface area contributed by atoms with Crippen molar-refractivity contribution in [1.82, 2.24) is 10.2 Å². The van der Waals surface area contributed by atoms with Gasteiger partial charge in [-0.2, -0.15) is 0 Å². The Morgan fingerprint density at radius 2 is 1.88 bits per heavy atom. The highest BCUT2D eigenvalue weighted by Gasteiger charge is 2.39. The molecule has 25 heavy (non-hydrogen) atoms. The molecule has 2 unspecified atom stereocenters. The third kappa shape index (κ3) is 4.32. The van der Waals surface area contributed by atoms with Gasteiger partial charge in [-0.05, 0) is 31.6 Å². The van der Waals surface area contributed by atoms with E-state index in [1.165, 1.54) is 0 Å². The second-order valence-corrected chi connectivity index (χ2v) is 7.53. The smallest absolute Gasteiger partial charge is 0.308 e. The molecule has 2 aliphatic heterocycles. The molecule has 2 atom stereocenters. The summed E-state index contributed by atoms with van der Waals surface area (Å²) in [6.45, 7) is 1.77. The van der Waals surface area contributed by atoms with E-state index in [-0.39, 0.29) is 36.6 Å². The topological polar surface area (TPSA) is 95.9 Å². The number of nitrogens with one attached hydrogen (secondary N) is 1. The van der Waals surface area contributed by atoms with Gasteiger partial charge in [0.2, 0.25) is 11.8 Å². The van der Waals surface area contributed by atoms with Crippen LogP contribution < -0.4 is 5.32 Å². The van der Waals surface area contributed by atoms with Crippen LogP contribution in [0.4, 0.5) is 0 Å². The predicted molar refractivity (Wildman–Crippen MR) is 89.8 cm³/mol. The van der Waals surface area contributed by atoms with Gasteiger partial charge >= 0.3 is 5.97 Å². The lowest BCUT2D eigenvalue weighted by atomic mass is 9.86. The maximum absolute atomic E-state index is 12.5. The highest BCUT2D eigenvalue weighted by Crippen LogP contribution is 2.30. The average Bonchev–Trinajstić information content (AvgIpc) is 3.25. The number of carbonyl (C=O) groups is 3. The van der Waals surface area contributed by atoms with E-state index in [0.29, 0.717) is 38.6 Å². The summed E-state index contributed by atoms with van der Waals surface area (Å²) >= 11 is 0. The second-order valence-electron chi connectivity index (χ2n) is 7.53. The number of carbonyl (C=O) groups excluding carboxylic acids is 2. The van der Waals surface area contributed by atoms with Crippen molar-refractivity contribution < 1.29 is 24.2 Å². The van der Waals surface area contributed by atoms with E-state index in [1.807, 2.05) is 4.90 Å². The number of carboxylic acids is 1. The summed E-state index contributed by atoms with van der Waals surface area (Å²) < 4.78 is 5.29. The standard InChI is InChI=1S/C18H28N2O5/c21-16-9-13(11-20(16)14-3-1-2-4-14)17(22)19-10-15(18(23)24)12-5-7-25-8-6-12/h12-15H,1-11H2,(H,19,22)(H,23,24). The number of likely N-dealkylation sites (tertiary alicyclic amines) is 1. The molecule has 2 heterocycles. The maximum Gasteiger partial charge on any atom is 0.308 e. The molecule has 7 heteroatoms. The predicted octanol–water partition coefficient (Wildman–Crippen LogP) is 1.02. The van der Waals surface area contributed by atoms with Gasteiger partial charge < -0.3 is 20.1 Å². The third-order valence-electron chi connectivity index (χ3n) is 5.94. The first-order valence-corrected chi connectivity index (χ1v) is 9.44. The van der Waals surface area contributed by atoms with Crippen LogP contribution in [0.3, 0.4) is 0 Å².